The monoisotopic (exact) mass is 401 g/mol. The molecule has 1 aromatic carbocycles. The molecule has 0 bridgehead atoms. The van der Waals surface area contributed by atoms with Gasteiger partial charge < -0.3 is 24.1 Å². The summed E-state index contributed by atoms with van der Waals surface area (Å²) in [6.45, 7) is 2.98. The third kappa shape index (κ3) is 2.98. The molecule has 150 valence electrons. The fourth-order valence-electron chi connectivity index (χ4n) is 5.62. The Bertz CT molecular complexity index is 900. The first-order valence-electron chi connectivity index (χ1n) is 9.92. The van der Waals surface area contributed by atoms with Gasteiger partial charge in [0.15, 0.2) is 0 Å². The quantitative estimate of drug-likeness (QED) is 0.760. The lowest BCUT2D eigenvalue weighted by molar-refractivity contribution is -0.120. The summed E-state index contributed by atoms with van der Waals surface area (Å²) in [5.74, 6) is 0.711. The number of benzene rings is 1. The van der Waals surface area contributed by atoms with Gasteiger partial charge in [-0.1, -0.05) is 29.2 Å². The van der Waals surface area contributed by atoms with E-state index in [2.05, 4.69) is 5.32 Å². The third-order valence-corrected chi connectivity index (χ3v) is 7.58. The first-order chi connectivity index (χ1) is 13.4. The zero-order chi connectivity index (χ0) is 19.5. The lowest BCUT2D eigenvalue weighted by atomic mass is 9.56. The van der Waals surface area contributed by atoms with Crippen LogP contribution in [0.25, 0.3) is 0 Å². The second kappa shape index (κ2) is 6.20. The van der Waals surface area contributed by atoms with Crippen molar-refractivity contribution in [2.45, 2.75) is 42.5 Å². The Hall–Kier alpha value is -2.09. The molecule has 2 spiro atoms. The largest absolute Gasteiger partial charge is 0.440 e. The molecule has 5 rings (SSSR count). The molecule has 3 amide bonds. The van der Waals surface area contributed by atoms with Crippen LogP contribution in [0.4, 0.5) is 4.79 Å². The average Bonchev–Trinajstić information content (AvgIpc) is 2.96. The Morgan fingerprint density at radius 1 is 1.21 bits per heavy atom. The van der Waals surface area contributed by atoms with E-state index in [4.69, 9.17) is 4.78 Å². The first kappa shape index (κ1) is 18.0. The van der Waals surface area contributed by atoms with Crippen molar-refractivity contribution in [3.8, 4) is 0 Å². The summed E-state index contributed by atoms with van der Waals surface area (Å²) in [6, 6.07) is 7.65. The molecule has 4 aliphatic rings. The van der Waals surface area contributed by atoms with Crippen LogP contribution in [0.2, 0.25) is 0 Å². The number of nitrogens with zero attached hydrogens (tertiary/aromatic N) is 2. The lowest BCUT2D eigenvalue weighted by Gasteiger charge is -2.61. The van der Waals surface area contributed by atoms with E-state index < -0.39 is 10.6 Å². The van der Waals surface area contributed by atoms with E-state index in [1.807, 2.05) is 28.0 Å². The van der Waals surface area contributed by atoms with Crippen LogP contribution in [-0.2, 0) is 26.0 Å². The lowest BCUT2D eigenvalue weighted by Crippen LogP contribution is -2.73. The molecule has 1 aliphatic carbocycles. The topological polar surface area (TPSA) is 93.6 Å². The number of hydrogen-bond donors (Lipinski definition) is 2. The molecule has 3 heterocycles. The predicted octanol–water partition coefficient (Wildman–Crippen LogP) is 2.11. The highest BCUT2D eigenvalue weighted by Crippen LogP contribution is 2.53. The SMILES string of the molecule is N=[S-](=O)c1cccc(CC2CC3(C2)CN(C(=O)N2CC4(CCC(=O)N4)C2)C3)c1. The Morgan fingerprint density at radius 2 is 1.93 bits per heavy atom. The van der Waals surface area contributed by atoms with Crippen molar-refractivity contribution < 1.29 is 13.8 Å². The van der Waals surface area contributed by atoms with Gasteiger partial charge in [-0.2, -0.15) is 10.6 Å². The van der Waals surface area contributed by atoms with Crippen molar-refractivity contribution in [2.75, 3.05) is 26.2 Å². The minimum absolute atomic E-state index is 0.106. The summed E-state index contributed by atoms with van der Waals surface area (Å²) in [5.41, 5.74) is 1.30. The molecule has 3 saturated heterocycles. The number of likely N-dealkylation sites (tertiary alicyclic amines) is 2. The van der Waals surface area contributed by atoms with Crippen molar-refractivity contribution in [1.29, 1.82) is 4.78 Å². The molecule has 2 N–H and O–H groups in total. The maximum Gasteiger partial charge on any atom is 0.320 e. The second-order valence-corrected chi connectivity index (χ2v) is 10.2. The summed E-state index contributed by atoms with van der Waals surface area (Å²) in [4.78, 5) is 28.4. The first-order valence-corrected chi connectivity index (χ1v) is 11.1. The van der Waals surface area contributed by atoms with Crippen molar-refractivity contribution in [3.63, 3.8) is 0 Å². The number of rotatable bonds is 3. The molecule has 4 fully saturated rings. The third-order valence-electron chi connectivity index (χ3n) is 6.90. The Morgan fingerprint density at radius 3 is 2.57 bits per heavy atom. The van der Waals surface area contributed by atoms with Gasteiger partial charge in [0.25, 0.3) is 0 Å². The highest BCUT2D eigenvalue weighted by Gasteiger charge is 2.56. The minimum atomic E-state index is -1.68. The highest BCUT2D eigenvalue weighted by molar-refractivity contribution is 7.73. The zero-order valence-corrected chi connectivity index (χ0v) is 16.6. The molecule has 1 aromatic rings. The van der Waals surface area contributed by atoms with Gasteiger partial charge in [-0.05, 0) is 37.2 Å². The van der Waals surface area contributed by atoms with E-state index >= 15 is 0 Å². The highest BCUT2D eigenvalue weighted by atomic mass is 32.2. The van der Waals surface area contributed by atoms with Gasteiger partial charge in [-0.3, -0.25) is 4.79 Å². The molecule has 0 unspecified atom stereocenters. The van der Waals surface area contributed by atoms with E-state index in [0.717, 1.165) is 44.3 Å². The second-order valence-electron chi connectivity index (χ2n) is 9.22. The Labute approximate surface area is 166 Å². The van der Waals surface area contributed by atoms with Gasteiger partial charge >= 0.3 is 6.03 Å². The standard InChI is InChI=1S/C20H25N4O3S/c21-28(27)16-3-1-2-14(7-16)6-15-8-19(9-15)10-23(11-19)18(26)24-12-20(13-24)5-4-17(25)22-20/h1-3,7,15,21H,4-6,8-13H2,(H,22,25)/q-1. The molecule has 7 nitrogen and oxygen atoms in total. The van der Waals surface area contributed by atoms with Crippen LogP contribution in [-0.4, -0.2) is 53.5 Å². The van der Waals surface area contributed by atoms with Crippen LogP contribution in [0.15, 0.2) is 29.2 Å². The van der Waals surface area contributed by atoms with Crippen molar-refractivity contribution in [3.05, 3.63) is 29.8 Å². The maximum atomic E-state index is 12.6. The molecule has 28 heavy (non-hydrogen) atoms. The smallest absolute Gasteiger partial charge is 0.320 e. The molecule has 8 heteroatoms. The normalized spacial score (nSPS) is 24.8. The van der Waals surface area contributed by atoms with Crippen molar-refractivity contribution in [2.24, 2.45) is 11.3 Å². The molecule has 1 saturated carbocycles. The van der Waals surface area contributed by atoms with E-state index in [9.17, 15) is 13.8 Å². The molecular weight excluding hydrogens is 376 g/mol. The van der Waals surface area contributed by atoms with E-state index in [1.165, 1.54) is 0 Å². The minimum Gasteiger partial charge on any atom is -0.440 e. The summed E-state index contributed by atoms with van der Waals surface area (Å²) >= 11 is 0. The van der Waals surface area contributed by atoms with Gasteiger partial charge in [-0.15, -0.1) is 0 Å². The number of hydrogen-bond acceptors (Lipinski definition) is 5. The van der Waals surface area contributed by atoms with Crippen LogP contribution in [0.3, 0.4) is 0 Å². The Kier molecular flexibility index (Phi) is 3.98. The number of nitrogens with one attached hydrogen (secondary N) is 2. The van der Waals surface area contributed by atoms with Crippen LogP contribution < -0.4 is 5.32 Å². The van der Waals surface area contributed by atoms with Crippen LogP contribution in [0.1, 0.15) is 31.2 Å². The van der Waals surface area contributed by atoms with Crippen molar-refractivity contribution >= 4 is 22.5 Å². The maximum absolute atomic E-state index is 12.6. The average molecular weight is 402 g/mol. The van der Waals surface area contributed by atoms with Gasteiger partial charge in [0, 0.05) is 38.0 Å². The van der Waals surface area contributed by atoms with E-state index in [0.29, 0.717) is 35.7 Å². The van der Waals surface area contributed by atoms with E-state index in [-0.39, 0.29) is 17.5 Å². The van der Waals surface area contributed by atoms with Gasteiger partial charge in [0.05, 0.1) is 5.54 Å². The van der Waals surface area contributed by atoms with Crippen molar-refractivity contribution in [1.82, 2.24) is 15.1 Å². The number of urea groups is 1. The fourth-order valence-corrected chi connectivity index (χ4v) is 6.08. The summed E-state index contributed by atoms with van der Waals surface area (Å²) in [7, 11) is -1.68. The number of carbonyl (C=O) groups excluding carboxylic acids is 2. The summed E-state index contributed by atoms with van der Waals surface area (Å²) < 4.78 is 18.7. The fraction of sp³-hybridized carbons (Fsp3) is 0.600. The van der Waals surface area contributed by atoms with Crippen LogP contribution >= 0.6 is 0 Å². The molecule has 0 aromatic heterocycles. The molecular formula is C20H25N4O3S-. The molecule has 3 aliphatic heterocycles. The summed E-state index contributed by atoms with van der Waals surface area (Å²) in [5, 5.41) is 3.02. The van der Waals surface area contributed by atoms with Crippen LogP contribution in [0.5, 0.6) is 0 Å². The molecule has 0 atom stereocenters. The van der Waals surface area contributed by atoms with Gasteiger partial charge in [0.1, 0.15) is 0 Å². The zero-order valence-electron chi connectivity index (χ0n) is 15.8. The predicted molar refractivity (Wildman–Crippen MR) is 103 cm³/mol. The van der Waals surface area contributed by atoms with Gasteiger partial charge in [-0.25, -0.2) is 4.79 Å². The Balaban J connectivity index is 1.08. The molecule has 0 radical (unpaired) electrons. The van der Waals surface area contributed by atoms with Crippen LogP contribution in [0, 0.1) is 16.1 Å². The summed E-state index contributed by atoms with van der Waals surface area (Å²) in [6.07, 6.45) is 4.64. The number of amides is 3. The van der Waals surface area contributed by atoms with E-state index in [1.54, 1.807) is 6.07 Å². The van der Waals surface area contributed by atoms with Gasteiger partial charge in [0.2, 0.25) is 5.91 Å². The number of carbonyl (C=O) groups is 2.